The minimum Gasteiger partial charge on any atom is -0.444 e. The molecule has 0 spiro atoms. The Morgan fingerprint density at radius 2 is 1.68 bits per heavy atom. The van der Waals surface area contributed by atoms with Crippen LogP contribution in [0.25, 0.3) is 0 Å². The van der Waals surface area contributed by atoms with Gasteiger partial charge in [0.25, 0.3) is 0 Å². The second kappa shape index (κ2) is 7.69. The number of carbonyl (C=O) groups excluding carboxylic acids is 2. The van der Waals surface area contributed by atoms with Gasteiger partial charge in [0.1, 0.15) is 5.60 Å². The molecule has 0 saturated heterocycles. The van der Waals surface area contributed by atoms with Crippen molar-refractivity contribution in [3.8, 4) is 0 Å². The first-order chi connectivity index (χ1) is 8.58. The second-order valence-corrected chi connectivity index (χ2v) is 7.44. The van der Waals surface area contributed by atoms with Gasteiger partial charge in [-0.3, -0.25) is 4.79 Å². The largest absolute Gasteiger partial charge is 0.444 e. The summed E-state index contributed by atoms with van der Waals surface area (Å²) in [5.74, 6) is -0.121. The van der Waals surface area contributed by atoms with Gasteiger partial charge in [-0.25, -0.2) is 4.79 Å². The van der Waals surface area contributed by atoms with Crippen LogP contribution in [0.4, 0.5) is 4.79 Å². The summed E-state index contributed by atoms with van der Waals surface area (Å²) < 4.78 is 5.93. The Labute approximate surface area is 124 Å². The molecule has 0 heterocycles. The van der Waals surface area contributed by atoms with Crippen LogP contribution in [0.2, 0.25) is 0 Å². The molecule has 2 amide bonds. The highest BCUT2D eigenvalue weighted by atomic mass is 32.2. The average Bonchev–Trinajstić information content (AvgIpc) is 2.21. The van der Waals surface area contributed by atoms with Gasteiger partial charge in [0.2, 0.25) is 5.91 Å². The van der Waals surface area contributed by atoms with Gasteiger partial charge in [0.05, 0.1) is 4.75 Å². The summed E-state index contributed by atoms with van der Waals surface area (Å²) in [6, 6.07) is 0. The van der Waals surface area contributed by atoms with E-state index in [4.69, 9.17) is 17.0 Å². The predicted molar refractivity (Wildman–Crippen MR) is 82.6 cm³/mol. The maximum Gasteiger partial charge on any atom is 0.407 e. The number of thioether (sulfide) groups is 1. The second-order valence-electron chi connectivity index (χ2n) is 5.41. The van der Waals surface area contributed by atoms with E-state index in [0.29, 0.717) is 13.1 Å². The van der Waals surface area contributed by atoms with E-state index >= 15 is 0 Å². The van der Waals surface area contributed by atoms with Gasteiger partial charge in [0.15, 0.2) is 0 Å². The van der Waals surface area contributed by atoms with Gasteiger partial charge in [-0.15, -0.1) is 11.8 Å². The molecule has 0 aliphatic carbocycles. The third kappa shape index (κ3) is 8.83. The van der Waals surface area contributed by atoms with Crippen LogP contribution < -0.4 is 10.6 Å². The molecule has 2 N–H and O–H groups in total. The third-order valence-electron chi connectivity index (χ3n) is 1.97. The van der Waals surface area contributed by atoms with Crippen molar-refractivity contribution in [3.05, 3.63) is 0 Å². The monoisotopic (exact) mass is 306 g/mol. The molecule has 0 atom stereocenters. The van der Waals surface area contributed by atoms with Crippen molar-refractivity contribution in [3.63, 3.8) is 0 Å². The van der Waals surface area contributed by atoms with Crippen molar-refractivity contribution >= 4 is 40.7 Å². The maximum absolute atomic E-state index is 11.8. The molecule has 0 bridgehead atoms. The number of ether oxygens (including phenoxy) is 1. The average molecular weight is 306 g/mol. The number of amides is 2. The normalized spacial score (nSPS) is 11.6. The molecule has 0 fully saturated rings. The number of carbonyl (C=O) groups is 2. The summed E-state index contributed by atoms with van der Waals surface area (Å²) >= 11 is 6.00. The van der Waals surface area contributed by atoms with E-state index in [9.17, 15) is 9.59 Å². The standard InChI is InChI=1S/C12H22N2O3S2/c1-11(2,3)17-10(16)14-7-6-13-9(15)12(4,5)19-8-18/h8H,6-7H2,1-5H3,(H,13,15)(H,14,16). The highest BCUT2D eigenvalue weighted by molar-refractivity contribution is 8.22. The molecule has 0 aliphatic heterocycles. The van der Waals surface area contributed by atoms with E-state index in [2.05, 4.69) is 10.6 Å². The van der Waals surface area contributed by atoms with Crippen LogP contribution in [-0.2, 0) is 9.53 Å². The van der Waals surface area contributed by atoms with E-state index in [1.54, 1.807) is 34.6 Å². The molecular formula is C12H22N2O3S2. The number of rotatable bonds is 6. The highest BCUT2D eigenvalue weighted by Crippen LogP contribution is 2.21. The summed E-state index contributed by atoms with van der Waals surface area (Å²) in [5.41, 5.74) is -0.523. The van der Waals surface area contributed by atoms with Gasteiger partial charge in [-0.05, 0) is 34.6 Å². The first-order valence-electron chi connectivity index (χ1n) is 5.95. The molecule has 0 aromatic rings. The quantitative estimate of drug-likeness (QED) is 0.581. The van der Waals surface area contributed by atoms with Crippen molar-refractivity contribution in [2.75, 3.05) is 13.1 Å². The summed E-state index contributed by atoms with van der Waals surface area (Å²) in [7, 11) is 0. The Morgan fingerprint density at radius 3 is 2.16 bits per heavy atom. The number of nitrogens with one attached hydrogen (secondary N) is 2. The van der Waals surface area contributed by atoms with E-state index in [-0.39, 0.29) is 5.91 Å². The van der Waals surface area contributed by atoms with Gasteiger partial charge in [0, 0.05) is 17.8 Å². The summed E-state index contributed by atoms with van der Waals surface area (Å²) in [4.78, 5) is 23.1. The molecule has 19 heavy (non-hydrogen) atoms. The van der Waals surface area contributed by atoms with E-state index in [0.717, 1.165) is 0 Å². The zero-order valence-electron chi connectivity index (χ0n) is 12.0. The lowest BCUT2D eigenvalue weighted by molar-refractivity contribution is -0.122. The zero-order valence-corrected chi connectivity index (χ0v) is 13.7. The van der Waals surface area contributed by atoms with Crippen molar-refractivity contribution < 1.29 is 14.3 Å². The summed E-state index contributed by atoms with van der Waals surface area (Å²) in [6.07, 6.45) is -0.491. The Hall–Kier alpha value is -0.820. The van der Waals surface area contributed by atoms with E-state index < -0.39 is 16.4 Å². The van der Waals surface area contributed by atoms with Gasteiger partial charge in [-0.1, -0.05) is 12.2 Å². The van der Waals surface area contributed by atoms with Crippen molar-refractivity contribution in [2.24, 2.45) is 0 Å². The molecule has 110 valence electrons. The van der Waals surface area contributed by atoms with Crippen LogP contribution in [0, 0.1) is 0 Å². The molecule has 0 radical (unpaired) electrons. The number of hydrogen-bond acceptors (Lipinski definition) is 5. The molecule has 0 unspecified atom stereocenters. The van der Waals surface area contributed by atoms with Crippen LogP contribution in [0.15, 0.2) is 0 Å². The lowest BCUT2D eigenvalue weighted by Gasteiger charge is -2.21. The fourth-order valence-corrected chi connectivity index (χ4v) is 2.18. The minimum absolute atomic E-state index is 0.121. The SMILES string of the molecule is CC(C)(C)OC(=O)NCCNC(=O)C(C)(C)SC=S. The predicted octanol–water partition coefficient (Wildman–Crippen LogP) is 2.10. The number of hydrogen-bond donors (Lipinski definition) is 2. The lowest BCUT2D eigenvalue weighted by atomic mass is 10.2. The summed E-state index contributed by atoms with van der Waals surface area (Å²) in [5, 5.41) is 5.30. The van der Waals surface area contributed by atoms with Crippen LogP contribution in [0.3, 0.4) is 0 Å². The van der Waals surface area contributed by atoms with Crippen molar-refractivity contribution in [2.45, 2.75) is 45.0 Å². The fourth-order valence-electron chi connectivity index (χ4n) is 1.04. The van der Waals surface area contributed by atoms with Crippen LogP contribution in [0.1, 0.15) is 34.6 Å². The first kappa shape index (κ1) is 18.2. The van der Waals surface area contributed by atoms with Crippen LogP contribution >= 0.6 is 24.0 Å². The van der Waals surface area contributed by atoms with Gasteiger partial charge < -0.3 is 15.4 Å². The first-order valence-corrected chi connectivity index (χ1v) is 7.30. The lowest BCUT2D eigenvalue weighted by Crippen LogP contribution is -2.43. The molecule has 0 saturated carbocycles. The number of thiocarbonyl (C=S) groups is 1. The minimum atomic E-state index is -0.604. The van der Waals surface area contributed by atoms with Crippen LogP contribution in [-0.4, -0.2) is 40.1 Å². The van der Waals surface area contributed by atoms with E-state index in [1.165, 1.54) is 16.5 Å². The van der Waals surface area contributed by atoms with Crippen molar-refractivity contribution in [1.29, 1.82) is 0 Å². The molecule has 0 rings (SSSR count). The molecule has 0 aromatic heterocycles. The van der Waals surface area contributed by atoms with Gasteiger partial charge >= 0.3 is 6.09 Å². The topological polar surface area (TPSA) is 67.4 Å². The molecule has 5 nitrogen and oxygen atoms in total. The zero-order chi connectivity index (χ0) is 15.1. The van der Waals surface area contributed by atoms with Crippen LogP contribution in [0.5, 0.6) is 0 Å². The molecule has 0 aromatic carbocycles. The Bertz CT molecular complexity index is 338. The molecule has 0 aliphatic rings. The van der Waals surface area contributed by atoms with E-state index in [1.807, 2.05) is 0 Å². The highest BCUT2D eigenvalue weighted by Gasteiger charge is 2.26. The summed E-state index contributed by atoms with van der Waals surface area (Å²) in [6.45, 7) is 9.62. The Balaban J connectivity index is 3.90. The Kier molecular flexibility index (Phi) is 7.36. The smallest absolute Gasteiger partial charge is 0.407 e. The van der Waals surface area contributed by atoms with Crippen molar-refractivity contribution in [1.82, 2.24) is 10.6 Å². The molecular weight excluding hydrogens is 284 g/mol. The molecule has 7 heteroatoms. The Morgan fingerprint density at radius 1 is 1.16 bits per heavy atom. The third-order valence-corrected chi connectivity index (χ3v) is 3.13. The fraction of sp³-hybridized carbons (Fsp3) is 0.750. The van der Waals surface area contributed by atoms with Gasteiger partial charge in [-0.2, -0.15) is 0 Å². The maximum atomic E-state index is 11.8. The number of alkyl carbamates (subject to hydrolysis) is 1.